The van der Waals surface area contributed by atoms with Crippen LogP contribution < -0.4 is 9.64 Å². The number of hydrogen-bond acceptors (Lipinski definition) is 6. The molecule has 2 aliphatic heterocycles. The number of benzene rings is 1. The Labute approximate surface area is 219 Å². The molecule has 186 valence electrons. The molecule has 0 unspecified atom stereocenters. The number of imidazole rings is 1. The summed E-state index contributed by atoms with van der Waals surface area (Å²) in [5.41, 5.74) is 5.04. The van der Waals surface area contributed by atoms with Gasteiger partial charge in [-0.1, -0.05) is 6.07 Å². The second-order valence-electron chi connectivity index (χ2n) is 9.62. The lowest BCUT2D eigenvalue weighted by Crippen LogP contribution is -2.29. The van der Waals surface area contributed by atoms with Gasteiger partial charge in [-0.2, -0.15) is 0 Å². The normalized spacial score (nSPS) is 17.8. The summed E-state index contributed by atoms with van der Waals surface area (Å²) in [7, 11) is 1.63. The third-order valence-electron chi connectivity index (χ3n) is 7.20. The molecular formula is C27H30BrN7O. The van der Waals surface area contributed by atoms with Gasteiger partial charge in [-0.15, -0.1) is 5.10 Å². The highest BCUT2D eigenvalue weighted by molar-refractivity contribution is 9.10. The Bertz CT molecular complexity index is 1390. The monoisotopic (exact) mass is 547 g/mol. The molecule has 1 atom stereocenters. The largest absolute Gasteiger partial charge is 0.479 e. The first-order chi connectivity index (χ1) is 17.6. The van der Waals surface area contributed by atoms with Gasteiger partial charge in [-0.05, 0) is 84.8 Å². The number of anilines is 1. The van der Waals surface area contributed by atoms with Crippen molar-refractivity contribution in [2.75, 3.05) is 25.1 Å². The number of rotatable bonds is 5. The molecule has 0 saturated carbocycles. The molecule has 3 aromatic heterocycles. The van der Waals surface area contributed by atoms with Gasteiger partial charge < -0.3 is 14.2 Å². The van der Waals surface area contributed by atoms with Crippen LogP contribution in [0.3, 0.4) is 0 Å². The van der Waals surface area contributed by atoms with E-state index < -0.39 is 0 Å². The molecular weight excluding hydrogens is 518 g/mol. The van der Waals surface area contributed by atoms with Gasteiger partial charge in [0.1, 0.15) is 17.2 Å². The predicted octanol–water partition coefficient (Wildman–Crippen LogP) is 5.52. The van der Waals surface area contributed by atoms with Crippen molar-refractivity contribution < 1.29 is 4.74 Å². The number of nitrogens with zero attached hydrogens (tertiary/aromatic N) is 7. The minimum atomic E-state index is 0.210. The Morgan fingerprint density at radius 2 is 1.81 bits per heavy atom. The van der Waals surface area contributed by atoms with Crippen molar-refractivity contribution in [2.45, 2.75) is 51.5 Å². The van der Waals surface area contributed by atoms with E-state index in [1.807, 2.05) is 29.8 Å². The summed E-state index contributed by atoms with van der Waals surface area (Å²) in [5.74, 6) is 2.37. The molecule has 0 radical (unpaired) electrons. The zero-order chi connectivity index (χ0) is 24.6. The molecule has 1 aromatic carbocycles. The van der Waals surface area contributed by atoms with E-state index in [1.54, 1.807) is 13.4 Å². The Balaban J connectivity index is 1.31. The fourth-order valence-electron chi connectivity index (χ4n) is 5.36. The van der Waals surface area contributed by atoms with Gasteiger partial charge in [-0.3, -0.25) is 0 Å². The second kappa shape index (κ2) is 9.69. The lowest BCUT2D eigenvalue weighted by atomic mass is 9.91. The van der Waals surface area contributed by atoms with E-state index in [4.69, 9.17) is 19.8 Å². The molecule has 0 N–H and O–H groups in total. The molecule has 9 heteroatoms. The molecule has 8 nitrogen and oxygen atoms in total. The summed E-state index contributed by atoms with van der Waals surface area (Å²) in [6.07, 6.45) is 9.71. The summed E-state index contributed by atoms with van der Waals surface area (Å²) in [5, 5.41) is 4.84. The van der Waals surface area contributed by atoms with Crippen LogP contribution in [0.5, 0.6) is 5.88 Å². The van der Waals surface area contributed by atoms with Gasteiger partial charge in [0, 0.05) is 36.2 Å². The van der Waals surface area contributed by atoms with E-state index in [0.717, 1.165) is 54.2 Å². The van der Waals surface area contributed by atoms with Gasteiger partial charge in [-0.25, -0.2) is 19.6 Å². The van der Waals surface area contributed by atoms with E-state index in [9.17, 15) is 0 Å². The molecule has 2 aliphatic rings. The highest BCUT2D eigenvalue weighted by Gasteiger charge is 2.28. The predicted molar refractivity (Wildman–Crippen MR) is 143 cm³/mol. The maximum absolute atomic E-state index is 5.61. The summed E-state index contributed by atoms with van der Waals surface area (Å²) in [4.78, 5) is 16.5. The van der Waals surface area contributed by atoms with Crippen molar-refractivity contribution in [3.05, 3.63) is 64.4 Å². The summed E-state index contributed by atoms with van der Waals surface area (Å²) < 4.78 is 10.7. The number of piperidine rings is 1. The van der Waals surface area contributed by atoms with Crippen molar-refractivity contribution >= 4 is 21.6 Å². The van der Waals surface area contributed by atoms with E-state index in [-0.39, 0.29) is 5.92 Å². The maximum atomic E-state index is 5.61. The lowest BCUT2D eigenvalue weighted by molar-refractivity contribution is 0.396. The van der Waals surface area contributed by atoms with Gasteiger partial charge >= 0.3 is 0 Å². The fraction of sp³-hybridized carbons (Fsp3) is 0.407. The van der Waals surface area contributed by atoms with Crippen molar-refractivity contribution in [1.29, 1.82) is 0 Å². The maximum Gasteiger partial charge on any atom is 0.238 e. The van der Waals surface area contributed by atoms with Gasteiger partial charge in [0.2, 0.25) is 5.88 Å². The number of aromatic nitrogens is 6. The van der Waals surface area contributed by atoms with Crippen LogP contribution in [0.15, 0.2) is 47.3 Å². The average molecular weight is 548 g/mol. The van der Waals surface area contributed by atoms with Crippen LogP contribution in [0.2, 0.25) is 0 Å². The fourth-order valence-corrected chi connectivity index (χ4v) is 6.01. The van der Waals surface area contributed by atoms with Gasteiger partial charge in [0.15, 0.2) is 5.82 Å². The quantitative estimate of drug-likeness (QED) is 0.327. The molecule has 0 amide bonds. The Morgan fingerprint density at radius 3 is 2.56 bits per heavy atom. The van der Waals surface area contributed by atoms with E-state index >= 15 is 0 Å². The zero-order valence-electron chi connectivity index (χ0n) is 20.7. The number of hydrogen-bond donors (Lipinski definition) is 0. The van der Waals surface area contributed by atoms with Crippen molar-refractivity contribution in [2.24, 2.45) is 0 Å². The van der Waals surface area contributed by atoms with E-state index in [2.05, 4.69) is 48.7 Å². The molecule has 1 fully saturated rings. The molecule has 1 saturated heterocycles. The number of halogens is 1. The highest BCUT2D eigenvalue weighted by atomic mass is 79.9. The molecule has 0 aliphatic carbocycles. The minimum Gasteiger partial charge on any atom is -0.479 e. The zero-order valence-corrected chi connectivity index (χ0v) is 22.3. The smallest absolute Gasteiger partial charge is 0.238 e. The number of pyridine rings is 1. The Kier molecular flexibility index (Phi) is 6.25. The van der Waals surface area contributed by atoms with Gasteiger partial charge in [0.25, 0.3) is 0 Å². The van der Waals surface area contributed by atoms with Crippen molar-refractivity contribution in [1.82, 2.24) is 29.3 Å². The first-order valence-electron chi connectivity index (χ1n) is 12.7. The third-order valence-corrected chi connectivity index (χ3v) is 7.83. The molecule has 5 heterocycles. The minimum absolute atomic E-state index is 0.210. The van der Waals surface area contributed by atoms with Crippen LogP contribution in [-0.4, -0.2) is 49.5 Å². The van der Waals surface area contributed by atoms with Crippen LogP contribution in [0.1, 0.15) is 55.1 Å². The average Bonchev–Trinajstić information content (AvgIpc) is 3.55. The van der Waals surface area contributed by atoms with Crippen LogP contribution in [0.25, 0.3) is 17.2 Å². The van der Waals surface area contributed by atoms with Crippen LogP contribution >= 0.6 is 15.9 Å². The third kappa shape index (κ3) is 4.30. The molecule has 4 aromatic rings. The first kappa shape index (κ1) is 23.2. The van der Waals surface area contributed by atoms with E-state index in [1.165, 1.54) is 30.5 Å². The number of fused-ring (bicyclic) bond motifs is 1. The standard InChI is InChI=1S/C27H30BrN7O/c1-18-16-34(17-29-18)24-11-9-22(30-27(24)36-2)25-31-26-20(7-6-14-35(26)32-25)19-8-10-23(21(28)15-19)33-12-4-3-5-13-33/h8-11,15-17,20H,3-7,12-14H2,1-2H3/t20-/m0/s1. The summed E-state index contributed by atoms with van der Waals surface area (Å²) in [6, 6.07) is 10.8. The molecule has 0 bridgehead atoms. The van der Waals surface area contributed by atoms with Crippen LogP contribution in [0, 0.1) is 6.92 Å². The summed E-state index contributed by atoms with van der Waals surface area (Å²) in [6.45, 7) is 5.10. The molecule has 36 heavy (non-hydrogen) atoms. The second-order valence-corrected chi connectivity index (χ2v) is 10.5. The first-order valence-corrected chi connectivity index (χ1v) is 13.5. The topological polar surface area (TPSA) is 73.9 Å². The number of ether oxygens (including phenoxy) is 1. The SMILES string of the molecule is COc1nc(-c2nc3n(n2)CCC[C@H]3c2ccc(N3CCCCC3)c(Br)c2)ccc1-n1cnc(C)c1. The van der Waals surface area contributed by atoms with Crippen LogP contribution in [0.4, 0.5) is 5.69 Å². The van der Waals surface area contributed by atoms with Crippen molar-refractivity contribution in [3.8, 4) is 23.1 Å². The van der Waals surface area contributed by atoms with Crippen molar-refractivity contribution in [3.63, 3.8) is 0 Å². The highest BCUT2D eigenvalue weighted by Crippen LogP contribution is 2.38. The van der Waals surface area contributed by atoms with Crippen LogP contribution in [-0.2, 0) is 6.54 Å². The molecule has 6 rings (SSSR count). The summed E-state index contributed by atoms with van der Waals surface area (Å²) >= 11 is 3.86. The lowest BCUT2D eigenvalue weighted by Gasteiger charge is -2.30. The Hall–Kier alpha value is -3.20. The number of aryl methyl sites for hydroxylation is 2. The van der Waals surface area contributed by atoms with E-state index in [0.29, 0.717) is 17.4 Å². The Morgan fingerprint density at radius 1 is 0.972 bits per heavy atom. The molecule has 0 spiro atoms. The number of methoxy groups -OCH3 is 1. The van der Waals surface area contributed by atoms with Gasteiger partial charge in [0.05, 0.1) is 24.8 Å².